The minimum atomic E-state index is 0.415. The van der Waals surface area contributed by atoms with Gasteiger partial charge in [-0.1, -0.05) is 42.5 Å². The van der Waals surface area contributed by atoms with Crippen LogP contribution >= 0.6 is 11.3 Å². The Morgan fingerprint density at radius 1 is 1.00 bits per heavy atom. The number of thiophene rings is 1. The van der Waals surface area contributed by atoms with Crippen LogP contribution in [-0.2, 0) is 6.54 Å². The third-order valence-electron chi connectivity index (χ3n) is 6.47. The molecule has 3 heterocycles. The van der Waals surface area contributed by atoms with Gasteiger partial charge in [-0.15, -0.1) is 11.3 Å². The van der Waals surface area contributed by atoms with Gasteiger partial charge < -0.3 is 10.1 Å². The number of aromatic nitrogens is 2. The smallest absolute Gasteiger partial charge is 0.139 e. The summed E-state index contributed by atoms with van der Waals surface area (Å²) in [6.45, 7) is 10.1. The van der Waals surface area contributed by atoms with Crippen molar-refractivity contribution in [2.45, 2.75) is 46.2 Å². The lowest BCUT2D eigenvalue weighted by molar-refractivity contribution is 0.211. The van der Waals surface area contributed by atoms with Crippen molar-refractivity contribution >= 4 is 27.4 Å². The number of piperidine rings is 1. The molecule has 1 aliphatic rings. The zero-order valence-electron chi connectivity index (χ0n) is 20.2. The van der Waals surface area contributed by atoms with E-state index in [1.54, 1.807) is 11.3 Å². The second-order valence-electron chi connectivity index (χ2n) is 8.97. The molecule has 1 fully saturated rings. The molecule has 2 aromatic carbocycles. The summed E-state index contributed by atoms with van der Waals surface area (Å²) >= 11 is 1.75. The van der Waals surface area contributed by atoms with Gasteiger partial charge in [-0.25, -0.2) is 9.97 Å². The van der Waals surface area contributed by atoms with E-state index in [4.69, 9.17) is 14.7 Å². The van der Waals surface area contributed by atoms with E-state index in [1.807, 2.05) is 26.0 Å². The van der Waals surface area contributed by atoms with E-state index in [1.165, 1.54) is 21.6 Å². The fraction of sp³-hybridized carbons (Fsp3) is 0.357. The molecular formula is C28H32N4OS. The number of rotatable bonds is 7. The van der Waals surface area contributed by atoms with Gasteiger partial charge in [0.25, 0.3) is 0 Å². The summed E-state index contributed by atoms with van der Waals surface area (Å²) in [5.41, 5.74) is 3.79. The number of hydrogen-bond acceptors (Lipinski definition) is 6. The Hall–Kier alpha value is -2.96. The van der Waals surface area contributed by atoms with Crippen LogP contribution in [0.2, 0.25) is 0 Å². The van der Waals surface area contributed by atoms with Gasteiger partial charge in [0, 0.05) is 36.1 Å². The lowest BCUT2D eigenvalue weighted by Gasteiger charge is -2.32. The Morgan fingerprint density at radius 3 is 2.44 bits per heavy atom. The van der Waals surface area contributed by atoms with Crippen LogP contribution in [0.1, 0.15) is 36.0 Å². The number of anilines is 1. The molecule has 0 bridgehead atoms. The first kappa shape index (κ1) is 22.8. The van der Waals surface area contributed by atoms with Crippen molar-refractivity contribution < 1.29 is 4.74 Å². The Balaban J connectivity index is 1.37. The molecule has 0 amide bonds. The maximum absolute atomic E-state index is 5.64. The number of hydrogen-bond donors (Lipinski definition) is 1. The van der Waals surface area contributed by atoms with Crippen LogP contribution in [0, 0.1) is 13.8 Å². The Morgan fingerprint density at radius 2 is 1.74 bits per heavy atom. The van der Waals surface area contributed by atoms with E-state index >= 15 is 0 Å². The summed E-state index contributed by atoms with van der Waals surface area (Å²) in [6.07, 6.45) is 2.22. The molecule has 176 valence electrons. The molecule has 34 heavy (non-hydrogen) atoms. The monoisotopic (exact) mass is 472 g/mol. The molecule has 6 heteroatoms. The molecular weight excluding hydrogens is 440 g/mol. The number of likely N-dealkylation sites (tertiary alicyclic amines) is 1. The average Bonchev–Trinajstić information content (AvgIpc) is 3.17. The molecule has 4 aromatic rings. The van der Waals surface area contributed by atoms with Crippen LogP contribution in [0.25, 0.3) is 21.3 Å². The van der Waals surface area contributed by atoms with Gasteiger partial charge >= 0.3 is 0 Å². The van der Waals surface area contributed by atoms with Crippen molar-refractivity contribution in [1.29, 1.82) is 0 Å². The van der Waals surface area contributed by atoms with Crippen molar-refractivity contribution in [3.63, 3.8) is 0 Å². The molecule has 5 nitrogen and oxygen atoms in total. The zero-order valence-corrected chi connectivity index (χ0v) is 21.0. The summed E-state index contributed by atoms with van der Waals surface area (Å²) in [7, 11) is 0. The highest BCUT2D eigenvalue weighted by molar-refractivity contribution is 7.19. The Labute approximate surface area is 205 Å². The summed E-state index contributed by atoms with van der Waals surface area (Å²) in [4.78, 5) is 14.5. The summed E-state index contributed by atoms with van der Waals surface area (Å²) in [6, 6.07) is 19.6. The Kier molecular flexibility index (Phi) is 6.79. The van der Waals surface area contributed by atoms with E-state index in [9.17, 15) is 0 Å². The minimum absolute atomic E-state index is 0.415. The fourth-order valence-electron chi connectivity index (χ4n) is 4.83. The third-order valence-corrected chi connectivity index (χ3v) is 7.47. The summed E-state index contributed by atoms with van der Waals surface area (Å²) in [5, 5.41) is 4.95. The molecule has 2 aromatic heterocycles. The second kappa shape index (κ2) is 10.1. The normalized spacial score (nSPS) is 15.0. The van der Waals surface area contributed by atoms with Crippen molar-refractivity contribution in [3.05, 3.63) is 70.9 Å². The van der Waals surface area contributed by atoms with Crippen LogP contribution in [0.15, 0.2) is 54.6 Å². The molecule has 1 saturated heterocycles. The number of benzene rings is 2. The van der Waals surface area contributed by atoms with Gasteiger partial charge in [0.2, 0.25) is 0 Å². The number of aryl methyl sites for hydroxylation is 2. The van der Waals surface area contributed by atoms with E-state index in [2.05, 4.69) is 59.6 Å². The van der Waals surface area contributed by atoms with E-state index in [-0.39, 0.29) is 0 Å². The number of ether oxygens (including phenoxy) is 1. The highest BCUT2D eigenvalue weighted by Gasteiger charge is 2.23. The molecule has 0 spiro atoms. The molecule has 0 radical (unpaired) electrons. The van der Waals surface area contributed by atoms with Crippen LogP contribution < -0.4 is 10.1 Å². The Bertz CT molecular complexity index is 1250. The molecule has 0 atom stereocenters. The first-order valence-corrected chi connectivity index (χ1v) is 13.0. The zero-order chi connectivity index (χ0) is 23.5. The van der Waals surface area contributed by atoms with E-state index in [0.29, 0.717) is 12.6 Å². The van der Waals surface area contributed by atoms with Gasteiger partial charge in [0.1, 0.15) is 22.2 Å². The maximum atomic E-state index is 5.64. The van der Waals surface area contributed by atoms with Crippen LogP contribution in [0.5, 0.6) is 5.75 Å². The predicted molar refractivity (Wildman–Crippen MR) is 142 cm³/mol. The van der Waals surface area contributed by atoms with Crippen molar-refractivity contribution in [2.75, 3.05) is 25.0 Å². The first-order chi connectivity index (χ1) is 16.6. The lowest BCUT2D eigenvalue weighted by atomic mass is 10.0. The quantitative estimate of drug-likeness (QED) is 0.335. The predicted octanol–water partition coefficient (Wildman–Crippen LogP) is 6.45. The van der Waals surface area contributed by atoms with Crippen LogP contribution in [-0.4, -0.2) is 40.6 Å². The second-order valence-corrected chi connectivity index (χ2v) is 10.2. The topological polar surface area (TPSA) is 50.3 Å². The molecule has 1 N–H and O–H groups in total. The fourth-order valence-corrected chi connectivity index (χ4v) is 5.92. The minimum Gasteiger partial charge on any atom is -0.494 e. The molecule has 5 rings (SSSR count). The van der Waals surface area contributed by atoms with Gasteiger partial charge in [0.05, 0.1) is 12.0 Å². The molecule has 0 saturated carbocycles. The van der Waals surface area contributed by atoms with E-state index in [0.717, 1.165) is 60.1 Å². The molecule has 0 aliphatic carbocycles. The third kappa shape index (κ3) is 4.93. The summed E-state index contributed by atoms with van der Waals surface area (Å²) in [5.74, 6) is 2.68. The largest absolute Gasteiger partial charge is 0.494 e. The SMILES string of the molecule is CCOc1ccc(-c2c(C)sc3nc(C)nc(NC4CCN(Cc5ccccc5)CC4)c23)cc1. The van der Waals surface area contributed by atoms with Crippen molar-refractivity contribution in [3.8, 4) is 16.9 Å². The van der Waals surface area contributed by atoms with Gasteiger partial charge in [-0.05, 0) is 56.9 Å². The lowest BCUT2D eigenvalue weighted by Crippen LogP contribution is -2.38. The number of nitrogens with one attached hydrogen (secondary N) is 1. The highest BCUT2D eigenvalue weighted by Crippen LogP contribution is 2.41. The standard InChI is InChI=1S/C28H32N4OS/c1-4-33-24-12-10-22(11-13-24)25-19(2)34-28-26(25)27(29-20(3)30-28)31-23-14-16-32(17-15-23)18-21-8-6-5-7-9-21/h5-13,23H,4,14-18H2,1-3H3,(H,29,30,31). The average molecular weight is 473 g/mol. The number of fused-ring (bicyclic) bond motifs is 1. The van der Waals surface area contributed by atoms with Gasteiger partial charge in [-0.2, -0.15) is 0 Å². The molecule has 0 unspecified atom stereocenters. The highest BCUT2D eigenvalue weighted by atomic mass is 32.1. The van der Waals surface area contributed by atoms with E-state index < -0.39 is 0 Å². The van der Waals surface area contributed by atoms with Gasteiger partial charge in [-0.3, -0.25) is 4.90 Å². The van der Waals surface area contributed by atoms with Crippen LogP contribution in [0.4, 0.5) is 5.82 Å². The van der Waals surface area contributed by atoms with Gasteiger partial charge in [0.15, 0.2) is 0 Å². The van der Waals surface area contributed by atoms with Crippen molar-refractivity contribution in [2.24, 2.45) is 0 Å². The number of nitrogens with zero attached hydrogens (tertiary/aromatic N) is 3. The van der Waals surface area contributed by atoms with Crippen molar-refractivity contribution in [1.82, 2.24) is 14.9 Å². The van der Waals surface area contributed by atoms with Crippen LogP contribution in [0.3, 0.4) is 0 Å². The molecule has 1 aliphatic heterocycles. The maximum Gasteiger partial charge on any atom is 0.139 e. The summed E-state index contributed by atoms with van der Waals surface area (Å²) < 4.78 is 5.64. The first-order valence-electron chi connectivity index (χ1n) is 12.1.